The summed E-state index contributed by atoms with van der Waals surface area (Å²) < 4.78 is 10.5. The lowest BCUT2D eigenvalue weighted by molar-refractivity contribution is 0.162. The van der Waals surface area contributed by atoms with E-state index in [1.165, 1.54) is 12.8 Å². The second-order valence-corrected chi connectivity index (χ2v) is 4.12. The molecule has 3 nitrogen and oxygen atoms in total. The monoisotopic (exact) mass is 222 g/mol. The predicted octanol–water partition coefficient (Wildman–Crippen LogP) is 3.03. The van der Waals surface area contributed by atoms with Gasteiger partial charge in [0.15, 0.2) is 11.5 Å². The molecule has 1 aromatic carbocycles. The molecule has 0 spiro atoms. The summed E-state index contributed by atoms with van der Waals surface area (Å²) in [5, 5.41) is 9.98. The molecule has 1 N–H and O–H groups in total. The average molecular weight is 222 g/mol. The molecule has 0 aromatic heterocycles. The van der Waals surface area contributed by atoms with Crippen molar-refractivity contribution in [1.82, 2.24) is 0 Å². The Morgan fingerprint density at radius 2 is 2.06 bits per heavy atom. The number of hydrogen-bond acceptors (Lipinski definition) is 3. The maximum atomic E-state index is 9.98. The van der Waals surface area contributed by atoms with E-state index in [2.05, 4.69) is 6.92 Å². The Kier molecular flexibility index (Phi) is 3.67. The van der Waals surface area contributed by atoms with Gasteiger partial charge in [-0.3, -0.25) is 0 Å². The summed E-state index contributed by atoms with van der Waals surface area (Å²) in [6, 6.07) is 5.64. The van der Waals surface area contributed by atoms with Crippen LogP contribution >= 0.6 is 0 Å². The van der Waals surface area contributed by atoms with Crippen LogP contribution in [0.25, 0.3) is 0 Å². The zero-order valence-electron chi connectivity index (χ0n) is 9.61. The Morgan fingerprint density at radius 1 is 1.25 bits per heavy atom. The van der Waals surface area contributed by atoms with Crippen LogP contribution in [0.5, 0.6) is 11.5 Å². The lowest BCUT2D eigenvalue weighted by atomic mass is 10.0. The average Bonchev–Trinajstić information content (AvgIpc) is 2.76. The molecular formula is C13H18O3. The SMILES string of the molecule is CCCCC[C@@H](O)c1ccc2c(c1)OCO2. The lowest BCUT2D eigenvalue weighted by Gasteiger charge is -2.11. The summed E-state index contributed by atoms with van der Waals surface area (Å²) in [6.07, 6.45) is 3.83. The number of fused-ring (bicyclic) bond motifs is 1. The van der Waals surface area contributed by atoms with Gasteiger partial charge in [0.25, 0.3) is 0 Å². The second-order valence-electron chi connectivity index (χ2n) is 4.12. The Hall–Kier alpha value is -1.22. The van der Waals surface area contributed by atoms with Gasteiger partial charge in [-0.15, -0.1) is 0 Å². The molecule has 88 valence electrons. The van der Waals surface area contributed by atoms with E-state index in [0.29, 0.717) is 0 Å². The normalized spacial score (nSPS) is 15.1. The number of hydrogen-bond donors (Lipinski definition) is 1. The number of benzene rings is 1. The Labute approximate surface area is 96.0 Å². The third kappa shape index (κ3) is 2.47. The first kappa shape index (κ1) is 11.3. The first-order chi connectivity index (χ1) is 7.81. The predicted molar refractivity (Wildman–Crippen MR) is 61.7 cm³/mol. The molecule has 3 heteroatoms. The van der Waals surface area contributed by atoms with Crippen molar-refractivity contribution in [3.05, 3.63) is 23.8 Å². The number of ether oxygens (including phenoxy) is 2. The highest BCUT2D eigenvalue weighted by Crippen LogP contribution is 2.35. The van der Waals surface area contributed by atoms with Crippen LogP contribution in [0.2, 0.25) is 0 Å². The van der Waals surface area contributed by atoms with Gasteiger partial charge in [0, 0.05) is 0 Å². The number of aliphatic hydroxyl groups is 1. The largest absolute Gasteiger partial charge is 0.454 e. The van der Waals surface area contributed by atoms with Crippen LogP contribution in [0.1, 0.15) is 44.3 Å². The van der Waals surface area contributed by atoms with Crippen LogP contribution < -0.4 is 9.47 Å². The fraction of sp³-hybridized carbons (Fsp3) is 0.538. The number of unbranched alkanes of at least 4 members (excludes halogenated alkanes) is 2. The maximum Gasteiger partial charge on any atom is 0.231 e. The Balaban J connectivity index is 1.98. The molecule has 0 bridgehead atoms. The van der Waals surface area contributed by atoms with E-state index in [1.54, 1.807) is 0 Å². The molecule has 0 fully saturated rings. The molecule has 1 aliphatic rings. The van der Waals surface area contributed by atoms with Crippen molar-refractivity contribution in [1.29, 1.82) is 0 Å². The van der Waals surface area contributed by atoms with E-state index in [-0.39, 0.29) is 12.9 Å². The smallest absolute Gasteiger partial charge is 0.231 e. The summed E-state index contributed by atoms with van der Waals surface area (Å²) in [6.45, 7) is 2.44. The highest BCUT2D eigenvalue weighted by Gasteiger charge is 2.16. The van der Waals surface area contributed by atoms with Gasteiger partial charge in [-0.05, 0) is 24.1 Å². The van der Waals surface area contributed by atoms with Gasteiger partial charge in [-0.25, -0.2) is 0 Å². The minimum Gasteiger partial charge on any atom is -0.454 e. The van der Waals surface area contributed by atoms with Crippen molar-refractivity contribution < 1.29 is 14.6 Å². The molecule has 0 saturated heterocycles. The topological polar surface area (TPSA) is 38.7 Å². The van der Waals surface area contributed by atoms with Crippen molar-refractivity contribution in [2.45, 2.75) is 38.7 Å². The highest BCUT2D eigenvalue weighted by molar-refractivity contribution is 5.44. The maximum absolute atomic E-state index is 9.98. The standard InChI is InChI=1S/C13H18O3/c1-2-3-4-5-11(14)10-6-7-12-13(8-10)16-9-15-12/h6-8,11,14H,2-5,9H2,1H3/t11-/m1/s1. The molecule has 1 heterocycles. The van der Waals surface area contributed by atoms with Gasteiger partial charge in [0.05, 0.1) is 6.10 Å². The summed E-state index contributed by atoms with van der Waals surface area (Å²) in [7, 11) is 0. The van der Waals surface area contributed by atoms with E-state index < -0.39 is 0 Å². The molecule has 0 aliphatic carbocycles. The molecule has 16 heavy (non-hydrogen) atoms. The fourth-order valence-corrected chi connectivity index (χ4v) is 1.87. The molecule has 0 unspecified atom stereocenters. The van der Waals surface area contributed by atoms with Crippen molar-refractivity contribution in [2.75, 3.05) is 6.79 Å². The molecule has 1 aromatic rings. The molecule has 0 amide bonds. The van der Waals surface area contributed by atoms with Crippen molar-refractivity contribution >= 4 is 0 Å². The highest BCUT2D eigenvalue weighted by atomic mass is 16.7. The van der Waals surface area contributed by atoms with Gasteiger partial charge >= 0.3 is 0 Å². The fourth-order valence-electron chi connectivity index (χ4n) is 1.87. The summed E-state index contributed by atoms with van der Waals surface area (Å²) >= 11 is 0. The molecule has 0 saturated carbocycles. The van der Waals surface area contributed by atoms with Gasteiger partial charge in [-0.2, -0.15) is 0 Å². The number of rotatable bonds is 5. The van der Waals surface area contributed by atoms with Crippen LogP contribution in [0.15, 0.2) is 18.2 Å². The Bertz CT molecular complexity index is 349. The van der Waals surface area contributed by atoms with Crippen molar-refractivity contribution in [3.8, 4) is 11.5 Å². The quantitative estimate of drug-likeness (QED) is 0.778. The number of aliphatic hydroxyl groups excluding tert-OH is 1. The summed E-state index contributed by atoms with van der Waals surface area (Å²) in [4.78, 5) is 0. The van der Waals surface area contributed by atoms with E-state index in [0.717, 1.165) is 29.9 Å². The third-order valence-electron chi connectivity index (χ3n) is 2.86. The lowest BCUT2D eigenvalue weighted by Crippen LogP contribution is -1.97. The molecule has 1 atom stereocenters. The Morgan fingerprint density at radius 3 is 2.88 bits per heavy atom. The molecule has 1 aliphatic heterocycles. The molecular weight excluding hydrogens is 204 g/mol. The van der Waals surface area contributed by atoms with Crippen LogP contribution in [-0.2, 0) is 0 Å². The minimum absolute atomic E-state index is 0.282. The molecule has 2 rings (SSSR count). The van der Waals surface area contributed by atoms with Gasteiger partial charge < -0.3 is 14.6 Å². The van der Waals surface area contributed by atoms with Crippen LogP contribution in [-0.4, -0.2) is 11.9 Å². The van der Waals surface area contributed by atoms with Gasteiger partial charge in [0.2, 0.25) is 6.79 Å². The van der Waals surface area contributed by atoms with Crippen LogP contribution in [0.4, 0.5) is 0 Å². The minimum atomic E-state index is -0.388. The van der Waals surface area contributed by atoms with Gasteiger partial charge in [-0.1, -0.05) is 32.3 Å². The zero-order chi connectivity index (χ0) is 11.4. The van der Waals surface area contributed by atoms with E-state index in [4.69, 9.17) is 9.47 Å². The van der Waals surface area contributed by atoms with Crippen LogP contribution in [0.3, 0.4) is 0 Å². The second kappa shape index (κ2) is 5.21. The zero-order valence-corrected chi connectivity index (χ0v) is 9.61. The van der Waals surface area contributed by atoms with Crippen LogP contribution in [0, 0.1) is 0 Å². The van der Waals surface area contributed by atoms with E-state index in [1.807, 2.05) is 18.2 Å². The van der Waals surface area contributed by atoms with Crippen molar-refractivity contribution in [3.63, 3.8) is 0 Å². The summed E-state index contributed by atoms with van der Waals surface area (Å²) in [5.74, 6) is 1.51. The third-order valence-corrected chi connectivity index (χ3v) is 2.86. The van der Waals surface area contributed by atoms with Crippen molar-refractivity contribution in [2.24, 2.45) is 0 Å². The first-order valence-corrected chi connectivity index (χ1v) is 5.89. The van der Waals surface area contributed by atoms with Gasteiger partial charge in [0.1, 0.15) is 0 Å². The molecule has 0 radical (unpaired) electrons. The van der Waals surface area contributed by atoms with E-state index in [9.17, 15) is 5.11 Å². The summed E-state index contributed by atoms with van der Waals surface area (Å²) in [5.41, 5.74) is 0.917. The van der Waals surface area contributed by atoms with E-state index >= 15 is 0 Å². The first-order valence-electron chi connectivity index (χ1n) is 5.89.